The smallest absolute Gasteiger partial charge is 0.191 e. The first-order valence-electron chi connectivity index (χ1n) is 10.8. The highest BCUT2D eigenvalue weighted by molar-refractivity contribution is 14.0. The number of guanidine groups is 1. The first kappa shape index (κ1) is 25.4. The molecule has 4 rings (SSSR count). The standard InChI is InChI=1S/C25H28FN7.HI/c1-17-13-18(2)33(31-17)23-8-6-5-7-21(23)16-30-25(27-4)29-15-20-9-10-24(22(26)14-20)32-12-11-28-19(32)3;/h5-14H,15-16H2,1-4H3,(H2,27,29,30);1H. The molecule has 0 fully saturated rings. The molecule has 2 heterocycles. The average molecular weight is 573 g/mol. The van der Waals surface area contributed by atoms with Gasteiger partial charge in [0.15, 0.2) is 5.96 Å². The van der Waals surface area contributed by atoms with Gasteiger partial charge in [0.1, 0.15) is 11.6 Å². The van der Waals surface area contributed by atoms with E-state index in [0.29, 0.717) is 24.7 Å². The lowest BCUT2D eigenvalue weighted by atomic mass is 10.1. The van der Waals surface area contributed by atoms with Crippen LogP contribution in [0.25, 0.3) is 11.4 Å². The molecule has 34 heavy (non-hydrogen) atoms. The van der Waals surface area contributed by atoms with Crippen LogP contribution in [0.2, 0.25) is 0 Å². The van der Waals surface area contributed by atoms with Gasteiger partial charge < -0.3 is 15.2 Å². The third kappa shape index (κ3) is 5.64. The van der Waals surface area contributed by atoms with Gasteiger partial charge in [0, 0.05) is 38.2 Å². The Morgan fingerprint density at radius 2 is 1.76 bits per heavy atom. The third-order valence-corrected chi connectivity index (χ3v) is 5.46. The van der Waals surface area contributed by atoms with Crippen molar-refractivity contribution in [3.05, 3.63) is 95.1 Å². The molecule has 0 radical (unpaired) electrons. The van der Waals surface area contributed by atoms with Gasteiger partial charge in [-0.25, -0.2) is 14.1 Å². The monoisotopic (exact) mass is 573 g/mol. The molecule has 9 heteroatoms. The number of benzene rings is 2. The maximum absolute atomic E-state index is 14.7. The van der Waals surface area contributed by atoms with Crippen LogP contribution in [0.4, 0.5) is 4.39 Å². The fourth-order valence-electron chi connectivity index (χ4n) is 3.81. The summed E-state index contributed by atoms with van der Waals surface area (Å²) in [4.78, 5) is 8.46. The van der Waals surface area contributed by atoms with Crippen LogP contribution < -0.4 is 10.6 Å². The van der Waals surface area contributed by atoms with Gasteiger partial charge >= 0.3 is 0 Å². The van der Waals surface area contributed by atoms with Crippen LogP contribution in [0.5, 0.6) is 0 Å². The summed E-state index contributed by atoms with van der Waals surface area (Å²) in [5.74, 6) is 1.08. The number of aromatic nitrogens is 4. The Kier molecular flexibility index (Phi) is 8.43. The summed E-state index contributed by atoms with van der Waals surface area (Å²) < 4.78 is 18.4. The fraction of sp³-hybridized carbons (Fsp3) is 0.240. The molecule has 0 aliphatic carbocycles. The van der Waals surface area contributed by atoms with E-state index in [9.17, 15) is 4.39 Å². The van der Waals surface area contributed by atoms with Crippen molar-refractivity contribution in [2.45, 2.75) is 33.9 Å². The van der Waals surface area contributed by atoms with Gasteiger partial charge in [-0.3, -0.25) is 4.99 Å². The Morgan fingerprint density at radius 3 is 2.41 bits per heavy atom. The molecule has 2 aromatic heterocycles. The zero-order valence-electron chi connectivity index (χ0n) is 19.7. The van der Waals surface area contributed by atoms with Crippen molar-refractivity contribution in [3.63, 3.8) is 0 Å². The van der Waals surface area contributed by atoms with Crippen LogP contribution in [0.3, 0.4) is 0 Å². The van der Waals surface area contributed by atoms with E-state index in [1.165, 1.54) is 6.07 Å². The van der Waals surface area contributed by atoms with E-state index in [-0.39, 0.29) is 29.8 Å². The molecular formula is C25H29FIN7. The van der Waals surface area contributed by atoms with E-state index >= 15 is 0 Å². The van der Waals surface area contributed by atoms with E-state index in [1.807, 2.05) is 43.7 Å². The largest absolute Gasteiger partial charge is 0.352 e. The number of imidazole rings is 1. The van der Waals surface area contributed by atoms with E-state index in [1.54, 1.807) is 30.1 Å². The number of rotatable bonds is 6. The van der Waals surface area contributed by atoms with E-state index in [2.05, 4.69) is 43.9 Å². The van der Waals surface area contributed by atoms with Crippen molar-refractivity contribution < 1.29 is 4.39 Å². The van der Waals surface area contributed by atoms with Crippen molar-refractivity contribution in [3.8, 4) is 11.4 Å². The van der Waals surface area contributed by atoms with Crippen molar-refractivity contribution in [2.24, 2.45) is 4.99 Å². The summed E-state index contributed by atoms with van der Waals surface area (Å²) in [6.45, 7) is 6.89. The lowest BCUT2D eigenvalue weighted by molar-refractivity contribution is 0.613. The SMILES string of the molecule is CN=C(NCc1ccc(-n2ccnc2C)c(F)c1)NCc1ccccc1-n1nc(C)cc1C.I. The number of nitrogens with zero attached hydrogens (tertiary/aromatic N) is 5. The van der Waals surface area contributed by atoms with Gasteiger partial charge in [0.05, 0.1) is 17.1 Å². The minimum atomic E-state index is -0.294. The van der Waals surface area contributed by atoms with E-state index < -0.39 is 0 Å². The van der Waals surface area contributed by atoms with Crippen molar-refractivity contribution in [2.75, 3.05) is 7.05 Å². The molecule has 2 N–H and O–H groups in total. The zero-order valence-corrected chi connectivity index (χ0v) is 22.0. The maximum atomic E-state index is 14.7. The van der Waals surface area contributed by atoms with Gasteiger partial charge in [-0.2, -0.15) is 5.10 Å². The van der Waals surface area contributed by atoms with Crippen LogP contribution in [0.1, 0.15) is 28.3 Å². The Hall–Kier alpha value is -3.21. The molecule has 0 amide bonds. The van der Waals surface area contributed by atoms with Crippen LogP contribution in [-0.2, 0) is 13.1 Å². The highest BCUT2D eigenvalue weighted by Gasteiger charge is 2.11. The molecule has 2 aromatic carbocycles. The topological polar surface area (TPSA) is 72.1 Å². The average Bonchev–Trinajstić information content (AvgIpc) is 3.38. The summed E-state index contributed by atoms with van der Waals surface area (Å²) in [7, 11) is 1.72. The molecule has 4 aromatic rings. The number of halogens is 2. The number of para-hydroxylation sites is 1. The van der Waals surface area contributed by atoms with E-state index in [0.717, 1.165) is 34.0 Å². The Balaban J connectivity index is 0.00000324. The number of nitrogens with one attached hydrogen (secondary N) is 2. The summed E-state index contributed by atoms with van der Waals surface area (Å²) >= 11 is 0. The lowest BCUT2D eigenvalue weighted by Gasteiger charge is -2.15. The number of hydrogen-bond donors (Lipinski definition) is 2. The number of aryl methyl sites for hydroxylation is 3. The minimum Gasteiger partial charge on any atom is -0.352 e. The Labute approximate surface area is 216 Å². The summed E-state index contributed by atoms with van der Waals surface area (Å²) in [6, 6.07) is 15.4. The molecule has 0 saturated carbocycles. The molecule has 7 nitrogen and oxygen atoms in total. The van der Waals surface area contributed by atoms with Crippen LogP contribution in [0.15, 0.2) is 65.9 Å². The predicted molar refractivity (Wildman–Crippen MR) is 144 cm³/mol. The van der Waals surface area contributed by atoms with E-state index in [4.69, 9.17) is 0 Å². The molecule has 0 bridgehead atoms. The molecule has 0 aliphatic rings. The van der Waals surface area contributed by atoms with Gasteiger partial charge in [0.2, 0.25) is 0 Å². The first-order valence-corrected chi connectivity index (χ1v) is 10.8. The second kappa shape index (κ2) is 11.3. The van der Waals surface area contributed by atoms with Crippen molar-refractivity contribution >= 4 is 29.9 Å². The highest BCUT2D eigenvalue weighted by Crippen LogP contribution is 2.18. The van der Waals surface area contributed by atoms with Crippen LogP contribution >= 0.6 is 24.0 Å². The normalized spacial score (nSPS) is 11.3. The molecule has 178 valence electrons. The second-order valence-electron chi connectivity index (χ2n) is 7.88. The first-order chi connectivity index (χ1) is 16.0. The highest BCUT2D eigenvalue weighted by atomic mass is 127. The Bertz CT molecular complexity index is 1290. The molecular weight excluding hydrogens is 544 g/mol. The van der Waals surface area contributed by atoms with Gasteiger partial charge in [-0.05, 0) is 56.2 Å². The van der Waals surface area contributed by atoms with Crippen LogP contribution in [0, 0.1) is 26.6 Å². The zero-order chi connectivity index (χ0) is 23.4. The van der Waals surface area contributed by atoms with Gasteiger partial charge in [-0.1, -0.05) is 24.3 Å². The fourth-order valence-corrected chi connectivity index (χ4v) is 3.81. The third-order valence-electron chi connectivity index (χ3n) is 5.46. The minimum absolute atomic E-state index is 0. The molecule has 0 saturated heterocycles. The molecule has 0 unspecified atom stereocenters. The van der Waals surface area contributed by atoms with Gasteiger partial charge in [0.25, 0.3) is 0 Å². The predicted octanol–water partition coefficient (Wildman–Crippen LogP) is 4.61. The molecule has 0 aliphatic heterocycles. The quantitative estimate of drug-likeness (QED) is 0.201. The Morgan fingerprint density at radius 1 is 1.00 bits per heavy atom. The number of aliphatic imine (C=N–C) groups is 1. The molecule has 0 spiro atoms. The van der Waals surface area contributed by atoms with Crippen molar-refractivity contribution in [1.29, 1.82) is 0 Å². The maximum Gasteiger partial charge on any atom is 0.191 e. The number of hydrogen-bond acceptors (Lipinski definition) is 3. The van der Waals surface area contributed by atoms with Crippen LogP contribution in [-0.4, -0.2) is 32.3 Å². The summed E-state index contributed by atoms with van der Waals surface area (Å²) in [5.41, 5.74) is 5.49. The van der Waals surface area contributed by atoms with Crippen molar-refractivity contribution in [1.82, 2.24) is 30.0 Å². The van der Waals surface area contributed by atoms with Gasteiger partial charge in [-0.15, -0.1) is 24.0 Å². The lowest BCUT2D eigenvalue weighted by Crippen LogP contribution is -2.36. The second-order valence-corrected chi connectivity index (χ2v) is 7.88. The molecule has 0 atom stereocenters. The summed E-state index contributed by atoms with van der Waals surface area (Å²) in [6.07, 6.45) is 3.41. The summed E-state index contributed by atoms with van der Waals surface area (Å²) in [5, 5.41) is 11.2.